The number of nitrogens with zero attached hydrogens (tertiary/aromatic N) is 2. The summed E-state index contributed by atoms with van der Waals surface area (Å²) in [5.41, 5.74) is -0.479. The first kappa shape index (κ1) is 25.5. The second-order valence-corrected chi connectivity index (χ2v) is 10.9. The number of carboxylic acid groups (broad SMARTS) is 1. The van der Waals surface area contributed by atoms with Crippen LogP contribution in [0.1, 0.15) is 54.4 Å². The SMILES string of the molecule is CC(C)(C)OC(=O)C[C@H](C(=O)N1C[C@H](Oc2ccc3ccccc3n2)C[C@H]1C(=O)O)C(C)(C)C. The molecule has 3 rings (SSSR count). The van der Waals surface area contributed by atoms with Crippen molar-refractivity contribution in [3.63, 3.8) is 0 Å². The molecule has 0 spiro atoms. The van der Waals surface area contributed by atoms with Gasteiger partial charge in [0.1, 0.15) is 17.7 Å². The van der Waals surface area contributed by atoms with E-state index < -0.39 is 41.0 Å². The number of rotatable bonds is 6. The molecule has 1 aliphatic rings. The minimum Gasteiger partial charge on any atom is -0.480 e. The van der Waals surface area contributed by atoms with Gasteiger partial charge in [0.15, 0.2) is 0 Å². The van der Waals surface area contributed by atoms with Crippen LogP contribution in [0.4, 0.5) is 0 Å². The molecule has 2 heterocycles. The summed E-state index contributed by atoms with van der Waals surface area (Å²) in [7, 11) is 0. The largest absolute Gasteiger partial charge is 0.480 e. The lowest BCUT2D eigenvalue weighted by Crippen LogP contribution is -2.47. The normalized spacial score (nSPS) is 19.6. The molecule has 0 unspecified atom stereocenters. The molecule has 1 aliphatic heterocycles. The van der Waals surface area contributed by atoms with Gasteiger partial charge in [-0.3, -0.25) is 9.59 Å². The quantitative estimate of drug-likeness (QED) is 0.635. The third-order valence-corrected chi connectivity index (χ3v) is 5.83. The molecule has 1 aromatic heterocycles. The summed E-state index contributed by atoms with van der Waals surface area (Å²) in [6.07, 6.45) is -0.514. The first-order valence-electron chi connectivity index (χ1n) is 11.5. The maximum absolute atomic E-state index is 13.6. The van der Waals surface area contributed by atoms with Crippen molar-refractivity contribution in [3.05, 3.63) is 36.4 Å². The monoisotopic (exact) mass is 470 g/mol. The number of pyridine rings is 1. The molecular weight excluding hydrogens is 436 g/mol. The van der Waals surface area contributed by atoms with E-state index in [1.54, 1.807) is 26.8 Å². The molecule has 3 atom stereocenters. The fraction of sp³-hybridized carbons (Fsp3) is 0.538. The lowest BCUT2D eigenvalue weighted by atomic mass is 9.77. The Morgan fingerprint density at radius 1 is 1.09 bits per heavy atom. The van der Waals surface area contributed by atoms with Crippen LogP contribution in [-0.2, 0) is 19.1 Å². The molecule has 0 radical (unpaired) electrons. The Bertz CT molecular complexity index is 1070. The Hall–Kier alpha value is -3.16. The van der Waals surface area contributed by atoms with E-state index in [4.69, 9.17) is 9.47 Å². The number of likely N-dealkylation sites (tertiary alicyclic amines) is 1. The molecule has 1 fully saturated rings. The number of amides is 1. The summed E-state index contributed by atoms with van der Waals surface area (Å²) in [5, 5.41) is 10.8. The predicted molar refractivity (Wildman–Crippen MR) is 127 cm³/mol. The van der Waals surface area contributed by atoms with Gasteiger partial charge in [-0.25, -0.2) is 9.78 Å². The van der Waals surface area contributed by atoms with Gasteiger partial charge < -0.3 is 19.5 Å². The van der Waals surface area contributed by atoms with Crippen molar-refractivity contribution < 1.29 is 29.0 Å². The summed E-state index contributed by atoms with van der Waals surface area (Å²) >= 11 is 0. The lowest BCUT2D eigenvalue weighted by molar-refractivity contribution is -0.161. The molecule has 184 valence electrons. The smallest absolute Gasteiger partial charge is 0.326 e. The minimum absolute atomic E-state index is 0.102. The number of aromatic nitrogens is 1. The van der Waals surface area contributed by atoms with Gasteiger partial charge in [0, 0.05) is 17.9 Å². The van der Waals surface area contributed by atoms with Gasteiger partial charge in [-0.1, -0.05) is 39.0 Å². The number of benzene rings is 1. The zero-order valence-electron chi connectivity index (χ0n) is 20.7. The van der Waals surface area contributed by atoms with Crippen molar-refractivity contribution in [2.24, 2.45) is 11.3 Å². The summed E-state index contributed by atoms with van der Waals surface area (Å²) < 4.78 is 11.4. The summed E-state index contributed by atoms with van der Waals surface area (Å²) in [6.45, 7) is 11.0. The molecule has 1 aromatic carbocycles. The maximum Gasteiger partial charge on any atom is 0.326 e. The zero-order valence-corrected chi connectivity index (χ0v) is 20.7. The first-order valence-corrected chi connectivity index (χ1v) is 11.5. The highest BCUT2D eigenvalue weighted by Gasteiger charge is 2.46. The second-order valence-electron chi connectivity index (χ2n) is 10.9. The third-order valence-electron chi connectivity index (χ3n) is 5.83. The maximum atomic E-state index is 13.6. The standard InChI is InChI=1S/C26H34N2O6/c1-25(2,3)18(14-22(29)34-26(4,5)6)23(30)28-15-17(13-20(28)24(31)32)33-21-12-11-16-9-7-8-10-19(16)27-21/h7-12,17-18,20H,13-15H2,1-6H3,(H,31,32)/t17-,18-,20+/m1/s1. The highest BCUT2D eigenvalue weighted by atomic mass is 16.6. The molecule has 0 bridgehead atoms. The van der Waals surface area contributed by atoms with Crippen molar-refractivity contribution in [1.29, 1.82) is 0 Å². The number of ether oxygens (including phenoxy) is 2. The van der Waals surface area contributed by atoms with Crippen LogP contribution in [0.25, 0.3) is 10.9 Å². The lowest BCUT2D eigenvalue weighted by Gasteiger charge is -2.34. The molecule has 1 amide bonds. The van der Waals surface area contributed by atoms with E-state index in [0.717, 1.165) is 10.9 Å². The van der Waals surface area contributed by atoms with Gasteiger partial charge in [0.25, 0.3) is 0 Å². The first-order chi connectivity index (χ1) is 15.7. The number of carbonyl (C=O) groups excluding carboxylic acids is 2. The van der Waals surface area contributed by atoms with Crippen molar-refractivity contribution in [3.8, 4) is 5.88 Å². The molecule has 1 N–H and O–H groups in total. The molecule has 8 heteroatoms. The Morgan fingerprint density at radius 3 is 2.38 bits per heavy atom. The number of aliphatic carboxylic acids is 1. The minimum atomic E-state index is -1.10. The Morgan fingerprint density at radius 2 is 1.76 bits per heavy atom. The van der Waals surface area contributed by atoms with E-state index in [1.807, 2.05) is 51.1 Å². The highest BCUT2D eigenvalue weighted by molar-refractivity contribution is 5.89. The van der Waals surface area contributed by atoms with Gasteiger partial charge in [-0.2, -0.15) is 0 Å². The van der Waals surface area contributed by atoms with Gasteiger partial charge in [-0.15, -0.1) is 0 Å². The third kappa shape index (κ3) is 6.24. The number of hydrogen-bond acceptors (Lipinski definition) is 6. The van der Waals surface area contributed by atoms with Gasteiger partial charge in [-0.05, 0) is 38.3 Å². The Balaban J connectivity index is 1.78. The summed E-state index contributed by atoms with van der Waals surface area (Å²) in [5.74, 6) is -2.33. The zero-order chi connectivity index (χ0) is 25.3. The number of carbonyl (C=O) groups is 3. The molecule has 0 saturated carbocycles. The van der Waals surface area contributed by atoms with E-state index in [0.29, 0.717) is 5.88 Å². The number of fused-ring (bicyclic) bond motifs is 1. The van der Waals surface area contributed by atoms with Crippen LogP contribution in [0.3, 0.4) is 0 Å². The molecule has 2 aromatic rings. The molecule has 1 saturated heterocycles. The molecule has 0 aliphatic carbocycles. The van der Waals surface area contributed by atoms with Crippen LogP contribution < -0.4 is 4.74 Å². The Kier molecular flexibility index (Phi) is 7.19. The van der Waals surface area contributed by atoms with Crippen LogP contribution >= 0.6 is 0 Å². The molecule has 34 heavy (non-hydrogen) atoms. The van der Waals surface area contributed by atoms with E-state index in [9.17, 15) is 19.5 Å². The van der Waals surface area contributed by atoms with Crippen molar-refractivity contribution in [1.82, 2.24) is 9.88 Å². The predicted octanol–water partition coefficient (Wildman–Crippen LogP) is 4.06. The molecular formula is C26H34N2O6. The Labute approximate surface area is 200 Å². The second kappa shape index (κ2) is 9.60. The van der Waals surface area contributed by atoms with Gasteiger partial charge in [0.05, 0.1) is 24.4 Å². The number of hydrogen-bond donors (Lipinski definition) is 1. The number of carboxylic acids is 1. The fourth-order valence-corrected chi connectivity index (χ4v) is 4.16. The van der Waals surface area contributed by atoms with E-state index in [1.165, 1.54) is 4.90 Å². The van der Waals surface area contributed by atoms with E-state index in [2.05, 4.69) is 4.98 Å². The van der Waals surface area contributed by atoms with Crippen LogP contribution in [0.5, 0.6) is 5.88 Å². The van der Waals surface area contributed by atoms with Crippen LogP contribution in [-0.4, -0.2) is 57.1 Å². The van der Waals surface area contributed by atoms with Crippen molar-refractivity contribution in [2.45, 2.75) is 72.1 Å². The topological polar surface area (TPSA) is 106 Å². The summed E-state index contributed by atoms with van der Waals surface area (Å²) in [4.78, 5) is 43.9. The highest BCUT2D eigenvalue weighted by Crippen LogP contribution is 2.34. The number of esters is 1. The number of para-hydroxylation sites is 1. The molecule has 8 nitrogen and oxygen atoms in total. The average molecular weight is 471 g/mol. The van der Waals surface area contributed by atoms with Crippen LogP contribution in [0.2, 0.25) is 0 Å². The summed E-state index contributed by atoms with van der Waals surface area (Å²) in [6, 6.07) is 10.2. The van der Waals surface area contributed by atoms with Crippen LogP contribution in [0, 0.1) is 11.3 Å². The van der Waals surface area contributed by atoms with Gasteiger partial charge >= 0.3 is 11.9 Å². The van der Waals surface area contributed by atoms with Crippen molar-refractivity contribution in [2.75, 3.05) is 6.54 Å². The van der Waals surface area contributed by atoms with E-state index >= 15 is 0 Å². The van der Waals surface area contributed by atoms with Gasteiger partial charge in [0.2, 0.25) is 11.8 Å². The van der Waals surface area contributed by atoms with Crippen molar-refractivity contribution >= 4 is 28.7 Å². The average Bonchev–Trinajstić information content (AvgIpc) is 3.13. The van der Waals surface area contributed by atoms with E-state index in [-0.39, 0.29) is 25.3 Å². The van der Waals surface area contributed by atoms with Crippen LogP contribution in [0.15, 0.2) is 36.4 Å². The fourth-order valence-electron chi connectivity index (χ4n) is 4.16.